The molecule has 2 aliphatic rings. The third kappa shape index (κ3) is 4.03. The van der Waals surface area contributed by atoms with Crippen LogP contribution in [0, 0.1) is 0 Å². The second-order valence-corrected chi connectivity index (χ2v) is 12.1. The van der Waals surface area contributed by atoms with E-state index in [0.717, 1.165) is 53.6 Å². The summed E-state index contributed by atoms with van der Waals surface area (Å²) in [6, 6.07) is 26.8. The number of nitrogens with one attached hydrogen (secondary N) is 1. The fourth-order valence-electron chi connectivity index (χ4n) is 6.59. The first-order valence-corrected chi connectivity index (χ1v) is 15.0. The van der Waals surface area contributed by atoms with E-state index < -0.39 is 0 Å². The van der Waals surface area contributed by atoms with Crippen molar-refractivity contribution in [2.24, 2.45) is 0 Å². The van der Waals surface area contributed by atoms with Crippen LogP contribution in [0.4, 0.5) is 0 Å². The van der Waals surface area contributed by atoms with Crippen LogP contribution in [0.3, 0.4) is 0 Å². The van der Waals surface area contributed by atoms with Crippen LogP contribution in [0.2, 0.25) is 0 Å². The molecule has 8 rings (SSSR count). The lowest BCUT2D eigenvalue weighted by Crippen LogP contribution is -2.16. The van der Waals surface area contributed by atoms with Gasteiger partial charge in [-0.15, -0.1) is 0 Å². The molecular formula is C34H28N4O2S. The molecule has 41 heavy (non-hydrogen) atoms. The molecule has 6 aromatic rings. The van der Waals surface area contributed by atoms with Crippen LogP contribution in [-0.4, -0.2) is 18.5 Å². The van der Waals surface area contributed by atoms with Crippen LogP contribution in [-0.2, 0) is 6.42 Å². The fraction of sp³-hybridized carbons (Fsp3) is 0.206. The van der Waals surface area contributed by atoms with Crippen LogP contribution >= 0.6 is 11.5 Å². The van der Waals surface area contributed by atoms with Crippen LogP contribution in [0.15, 0.2) is 101 Å². The topological polar surface area (TPSA) is 72.7 Å². The van der Waals surface area contributed by atoms with Gasteiger partial charge in [0.1, 0.15) is 5.69 Å². The van der Waals surface area contributed by atoms with Gasteiger partial charge >= 0.3 is 0 Å². The Hall–Kier alpha value is -4.49. The second-order valence-electron chi connectivity index (χ2n) is 11.1. The van der Waals surface area contributed by atoms with Crippen molar-refractivity contribution >= 4 is 38.3 Å². The van der Waals surface area contributed by atoms with Crippen LogP contribution in [0.25, 0.3) is 38.1 Å². The highest BCUT2D eigenvalue weighted by Gasteiger charge is 2.25. The molecule has 0 radical (unpaired) electrons. The van der Waals surface area contributed by atoms with Crippen LogP contribution in [0.1, 0.15) is 54.5 Å². The molecule has 1 aliphatic heterocycles. The van der Waals surface area contributed by atoms with E-state index in [-0.39, 0.29) is 23.1 Å². The molecule has 7 heteroatoms. The van der Waals surface area contributed by atoms with E-state index in [1.54, 1.807) is 0 Å². The van der Waals surface area contributed by atoms with E-state index in [0.29, 0.717) is 22.2 Å². The zero-order valence-corrected chi connectivity index (χ0v) is 23.2. The van der Waals surface area contributed by atoms with E-state index in [4.69, 9.17) is 4.98 Å². The lowest BCUT2D eigenvalue weighted by molar-refractivity contribution is 0.546. The average Bonchev–Trinajstić information content (AvgIpc) is 3.79. The third-order valence-corrected chi connectivity index (χ3v) is 9.89. The van der Waals surface area contributed by atoms with Gasteiger partial charge in [0.15, 0.2) is 0 Å². The van der Waals surface area contributed by atoms with E-state index in [2.05, 4.69) is 64.3 Å². The van der Waals surface area contributed by atoms with Crippen molar-refractivity contribution in [3.8, 4) is 11.3 Å². The molecule has 1 N–H and O–H groups in total. The predicted octanol–water partition coefficient (Wildman–Crippen LogP) is 7.11. The average molecular weight is 557 g/mol. The minimum Gasteiger partial charge on any atom is -0.320 e. The highest BCUT2D eigenvalue weighted by Crippen LogP contribution is 2.38. The first-order chi connectivity index (χ1) is 20.1. The third-order valence-electron chi connectivity index (χ3n) is 8.61. The van der Waals surface area contributed by atoms with Gasteiger partial charge in [0.05, 0.1) is 21.1 Å². The number of hydrogen-bond donors (Lipinski definition) is 1. The minimum absolute atomic E-state index is 0.0420. The normalized spacial score (nSPS) is 17.0. The second kappa shape index (κ2) is 9.56. The van der Waals surface area contributed by atoms with Gasteiger partial charge in [0, 0.05) is 40.7 Å². The number of H-pyrrole nitrogens is 1. The molecule has 4 heterocycles. The van der Waals surface area contributed by atoms with Crippen molar-refractivity contribution < 1.29 is 0 Å². The van der Waals surface area contributed by atoms with Gasteiger partial charge in [-0.05, 0) is 55.2 Å². The molecule has 0 saturated heterocycles. The molecule has 0 bridgehead atoms. The fourth-order valence-corrected chi connectivity index (χ4v) is 7.85. The largest absolute Gasteiger partial charge is 0.320 e. The first-order valence-electron chi connectivity index (χ1n) is 14.3. The molecule has 0 spiro atoms. The van der Waals surface area contributed by atoms with Crippen molar-refractivity contribution in [2.75, 3.05) is 0 Å². The summed E-state index contributed by atoms with van der Waals surface area (Å²) in [5.74, 6) is 0.279. The Morgan fingerprint density at radius 3 is 2.63 bits per heavy atom. The Morgan fingerprint density at radius 2 is 1.78 bits per heavy atom. The molecule has 1 aliphatic carbocycles. The predicted molar refractivity (Wildman–Crippen MR) is 166 cm³/mol. The maximum absolute atomic E-state index is 13.5. The Labute approximate surface area is 240 Å². The highest BCUT2D eigenvalue weighted by atomic mass is 32.1. The first kappa shape index (κ1) is 24.3. The molecule has 0 amide bonds. The van der Waals surface area contributed by atoms with Gasteiger partial charge in [-0.3, -0.25) is 13.5 Å². The van der Waals surface area contributed by atoms with Gasteiger partial charge in [0.2, 0.25) is 0 Å². The molecule has 1 unspecified atom stereocenters. The summed E-state index contributed by atoms with van der Waals surface area (Å²) >= 11 is 1.47. The molecule has 3 aromatic carbocycles. The van der Waals surface area contributed by atoms with Crippen LogP contribution < -0.4 is 11.1 Å². The SMILES string of the molecule is O=c1[nH]c2cc(C3=CC(Cc4ccccc4)c4cccn43)ccc2nc1-c1cccc2c(=O)n(C3CCCC3)sc12. The summed E-state index contributed by atoms with van der Waals surface area (Å²) in [5.41, 5.74) is 6.99. The summed E-state index contributed by atoms with van der Waals surface area (Å²) in [6.45, 7) is 0. The van der Waals surface area contributed by atoms with Crippen LogP contribution in [0.5, 0.6) is 0 Å². The molecule has 1 fully saturated rings. The maximum Gasteiger partial charge on any atom is 0.275 e. The smallest absolute Gasteiger partial charge is 0.275 e. The molecular weight excluding hydrogens is 528 g/mol. The number of allylic oxidation sites excluding steroid dienone is 1. The Morgan fingerprint density at radius 1 is 0.927 bits per heavy atom. The highest BCUT2D eigenvalue weighted by molar-refractivity contribution is 7.14. The van der Waals surface area contributed by atoms with Gasteiger partial charge in [-0.1, -0.05) is 79.0 Å². The lowest BCUT2D eigenvalue weighted by atomic mass is 9.96. The monoisotopic (exact) mass is 556 g/mol. The molecule has 6 nitrogen and oxygen atoms in total. The quantitative estimate of drug-likeness (QED) is 0.246. The number of aromatic amines is 1. The molecule has 1 atom stereocenters. The van der Waals surface area contributed by atoms with Crippen molar-refractivity contribution in [1.82, 2.24) is 18.5 Å². The Kier molecular flexibility index (Phi) is 5.67. The van der Waals surface area contributed by atoms with Crippen molar-refractivity contribution in [1.29, 1.82) is 0 Å². The van der Waals surface area contributed by atoms with Crippen molar-refractivity contribution in [2.45, 2.75) is 44.1 Å². The van der Waals surface area contributed by atoms with Gasteiger partial charge in [0.25, 0.3) is 11.1 Å². The zero-order chi connectivity index (χ0) is 27.5. The number of aromatic nitrogens is 4. The number of nitrogens with zero attached hydrogens (tertiary/aromatic N) is 3. The van der Waals surface area contributed by atoms with E-state index in [1.807, 2.05) is 40.4 Å². The standard InChI is InChI=1S/C34H28N4O2S/c39-33-31(25-12-6-13-26-32(25)41-38(34(26)40)24-10-4-5-11-24)35-27-16-15-22(19-28(27)36-33)30-20-23(29-14-7-17-37(29)30)18-21-8-2-1-3-9-21/h1-3,6-9,12-17,19-20,23-24H,4-5,10-11,18H2,(H,36,39). The van der Waals surface area contributed by atoms with Gasteiger partial charge in [-0.25, -0.2) is 4.98 Å². The summed E-state index contributed by atoms with van der Waals surface area (Å²) in [4.78, 5) is 34.6. The van der Waals surface area contributed by atoms with Crippen molar-refractivity contribution in [3.63, 3.8) is 0 Å². The summed E-state index contributed by atoms with van der Waals surface area (Å²) in [6.07, 6.45) is 9.74. The number of fused-ring (bicyclic) bond motifs is 3. The Balaban J connectivity index is 1.18. The maximum atomic E-state index is 13.5. The number of benzene rings is 3. The van der Waals surface area contributed by atoms with E-state index in [1.165, 1.54) is 22.8 Å². The molecule has 202 valence electrons. The molecule has 3 aromatic heterocycles. The van der Waals surface area contributed by atoms with Gasteiger partial charge < -0.3 is 9.55 Å². The number of rotatable bonds is 5. The summed E-state index contributed by atoms with van der Waals surface area (Å²) in [7, 11) is 0. The number of hydrogen-bond acceptors (Lipinski definition) is 4. The summed E-state index contributed by atoms with van der Waals surface area (Å²) in [5, 5.41) is 0.664. The minimum atomic E-state index is -0.251. The van der Waals surface area contributed by atoms with E-state index in [9.17, 15) is 9.59 Å². The zero-order valence-electron chi connectivity index (χ0n) is 22.4. The summed E-state index contributed by atoms with van der Waals surface area (Å²) < 4.78 is 4.99. The Bertz CT molecular complexity index is 2090. The van der Waals surface area contributed by atoms with Crippen molar-refractivity contribution in [3.05, 3.63) is 129 Å². The van der Waals surface area contributed by atoms with Gasteiger partial charge in [-0.2, -0.15) is 0 Å². The van der Waals surface area contributed by atoms with E-state index >= 15 is 0 Å². The lowest BCUT2D eigenvalue weighted by Gasteiger charge is -2.10. The molecule has 1 saturated carbocycles.